The van der Waals surface area contributed by atoms with Gasteiger partial charge in [-0.05, 0) is 11.9 Å². The molecule has 1 aliphatic rings. The zero-order valence-electron chi connectivity index (χ0n) is 9.41. The molecule has 1 saturated heterocycles. The molecular weight excluding hydrogens is 238 g/mol. The minimum atomic E-state index is -2.73. The van der Waals surface area contributed by atoms with Crippen molar-refractivity contribution in [1.29, 1.82) is 0 Å². The van der Waals surface area contributed by atoms with Gasteiger partial charge in [0.25, 0.3) is 0 Å². The normalized spacial score (nSPS) is 19.8. The number of alkyl halides is 2. The Kier molecular flexibility index (Phi) is 4.94. The van der Waals surface area contributed by atoms with Crippen LogP contribution in [0.3, 0.4) is 0 Å². The van der Waals surface area contributed by atoms with Crippen molar-refractivity contribution in [2.24, 2.45) is 0 Å². The van der Waals surface area contributed by atoms with Crippen LogP contribution in [0, 0.1) is 0 Å². The van der Waals surface area contributed by atoms with E-state index in [1.807, 2.05) is 4.90 Å². The molecule has 0 aromatic carbocycles. The molecule has 4 nitrogen and oxygen atoms in total. The van der Waals surface area contributed by atoms with E-state index in [-0.39, 0.29) is 12.5 Å². The van der Waals surface area contributed by atoms with Crippen molar-refractivity contribution in [3.8, 4) is 0 Å². The number of esters is 1. The first-order valence-electron chi connectivity index (χ1n) is 5.02. The first kappa shape index (κ1) is 13.7. The molecule has 0 unspecified atom stereocenters. The number of rotatable bonds is 4. The van der Waals surface area contributed by atoms with Gasteiger partial charge < -0.3 is 4.74 Å². The van der Waals surface area contributed by atoms with Crippen LogP contribution in [0.2, 0.25) is 0 Å². The minimum absolute atomic E-state index is 0.234. The fourth-order valence-corrected chi connectivity index (χ4v) is 2.25. The Hall–Kier alpha value is -0.400. The van der Waals surface area contributed by atoms with Crippen molar-refractivity contribution in [2.75, 3.05) is 39.8 Å². The molecule has 0 bridgehead atoms. The third-order valence-electron chi connectivity index (χ3n) is 2.20. The second kappa shape index (κ2) is 5.79. The number of carbonyl (C=O) groups is 1. The number of hydrogen-bond acceptors (Lipinski definition) is 5. The molecule has 0 N–H and O–H groups in total. The number of methoxy groups -OCH3 is 1. The van der Waals surface area contributed by atoms with E-state index >= 15 is 0 Å². The Bertz CT molecular complexity index is 240. The summed E-state index contributed by atoms with van der Waals surface area (Å²) < 4.78 is 31.6. The molecule has 16 heavy (non-hydrogen) atoms. The summed E-state index contributed by atoms with van der Waals surface area (Å²) in [6, 6.07) is 0. The summed E-state index contributed by atoms with van der Waals surface area (Å²) >= 11 is 0.562. The van der Waals surface area contributed by atoms with E-state index in [4.69, 9.17) is 0 Å². The lowest BCUT2D eigenvalue weighted by Crippen LogP contribution is -2.46. The van der Waals surface area contributed by atoms with Crippen LogP contribution in [-0.2, 0) is 9.53 Å². The minimum Gasteiger partial charge on any atom is -0.468 e. The molecule has 0 aromatic heterocycles. The van der Waals surface area contributed by atoms with Crippen LogP contribution >= 0.6 is 11.9 Å². The Morgan fingerprint density at radius 3 is 2.38 bits per heavy atom. The highest BCUT2D eigenvalue weighted by Crippen LogP contribution is 2.31. The van der Waals surface area contributed by atoms with E-state index in [1.54, 1.807) is 4.31 Å². The molecule has 0 radical (unpaired) electrons. The lowest BCUT2D eigenvalue weighted by Gasteiger charge is -2.34. The molecule has 0 atom stereocenters. The van der Waals surface area contributed by atoms with E-state index in [9.17, 15) is 13.6 Å². The number of ether oxygens (including phenoxy) is 1. The van der Waals surface area contributed by atoms with E-state index in [1.165, 1.54) is 7.11 Å². The van der Waals surface area contributed by atoms with Crippen molar-refractivity contribution in [2.45, 2.75) is 12.2 Å². The predicted octanol–water partition coefficient (Wildman–Crippen LogP) is 1.04. The number of halogens is 2. The summed E-state index contributed by atoms with van der Waals surface area (Å²) in [5, 5.41) is -2.73. The first-order chi connectivity index (χ1) is 7.40. The van der Waals surface area contributed by atoms with Gasteiger partial charge in [0.2, 0.25) is 0 Å². The highest BCUT2D eigenvalue weighted by Gasteiger charge is 2.29. The molecule has 0 saturated carbocycles. The van der Waals surface area contributed by atoms with Gasteiger partial charge in [-0.3, -0.25) is 9.69 Å². The Balaban J connectivity index is 2.26. The number of piperazine rings is 1. The fourth-order valence-electron chi connectivity index (χ4n) is 1.45. The van der Waals surface area contributed by atoms with Crippen LogP contribution in [0.4, 0.5) is 8.78 Å². The number of carbonyl (C=O) groups excluding carboxylic acids is 1. The van der Waals surface area contributed by atoms with Crippen molar-refractivity contribution in [3.05, 3.63) is 0 Å². The maximum Gasteiger partial charge on any atom is 0.319 e. The van der Waals surface area contributed by atoms with E-state index in [0.29, 0.717) is 38.1 Å². The van der Waals surface area contributed by atoms with Crippen LogP contribution in [0.1, 0.15) is 6.92 Å². The van der Waals surface area contributed by atoms with Gasteiger partial charge in [-0.2, -0.15) is 8.78 Å². The summed E-state index contributed by atoms with van der Waals surface area (Å²) in [7, 11) is 1.34. The summed E-state index contributed by atoms with van der Waals surface area (Å²) in [4.78, 5) is 12.9. The quantitative estimate of drug-likeness (QED) is 0.553. The summed E-state index contributed by atoms with van der Waals surface area (Å²) in [5.74, 6) is -0.290. The van der Waals surface area contributed by atoms with Gasteiger partial charge in [-0.25, -0.2) is 4.31 Å². The monoisotopic (exact) mass is 254 g/mol. The Morgan fingerprint density at radius 1 is 1.38 bits per heavy atom. The van der Waals surface area contributed by atoms with Gasteiger partial charge in [-0.15, -0.1) is 0 Å². The fraction of sp³-hybridized carbons (Fsp3) is 0.889. The highest BCUT2D eigenvalue weighted by molar-refractivity contribution is 7.98. The van der Waals surface area contributed by atoms with Crippen molar-refractivity contribution < 1.29 is 18.3 Å². The van der Waals surface area contributed by atoms with Gasteiger partial charge in [0.1, 0.15) is 0 Å². The number of nitrogens with zero attached hydrogens (tertiary/aromatic N) is 2. The standard InChI is InChI=1S/C9H16F2N2O2S/c1-9(10,11)16-13-5-3-12(4-6-13)7-8(14)15-2/h3-7H2,1-2H3. The molecule has 0 aromatic rings. The lowest BCUT2D eigenvalue weighted by molar-refractivity contribution is -0.142. The van der Waals surface area contributed by atoms with Crippen molar-refractivity contribution in [1.82, 2.24) is 9.21 Å². The smallest absolute Gasteiger partial charge is 0.319 e. The topological polar surface area (TPSA) is 32.8 Å². The van der Waals surface area contributed by atoms with Crippen molar-refractivity contribution >= 4 is 17.9 Å². The second-order valence-corrected chi connectivity index (χ2v) is 5.10. The average molecular weight is 254 g/mol. The van der Waals surface area contributed by atoms with Crippen LogP contribution in [0.25, 0.3) is 0 Å². The largest absolute Gasteiger partial charge is 0.468 e. The van der Waals surface area contributed by atoms with Crippen LogP contribution in [-0.4, -0.2) is 60.3 Å². The van der Waals surface area contributed by atoms with Gasteiger partial charge in [-0.1, -0.05) is 0 Å². The summed E-state index contributed by atoms with van der Waals surface area (Å²) in [6.07, 6.45) is 0. The molecule has 0 amide bonds. The van der Waals surface area contributed by atoms with Gasteiger partial charge in [0.15, 0.2) is 0 Å². The van der Waals surface area contributed by atoms with Crippen LogP contribution < -0.4 is 0 Å². The van der Waals surface area contributed by atoms with E-state index in [2.05, 4.69) is 4.74 Å². The molecule has 1 fully saturated rings. The second-order valence-electron chi connectivity index (χ2n) is 3.68. The Morgan fingerprint density at radius 2 is 1.94 bits per heavy atom. The van der Waals surface area contributed by atoms with Gasteiger partial charge in [0.05, 0.1) is 13.7 Å². The summed E-state index contributed by atoms with van der Waals surface area (Å²) in [5.41, 5.74) is 0. The van der Waals surface area contributed by atoms with Gasteiger partial charge >= 0.3 is 11.2 Å². The third-order valence-corrected chi connectivity index (χ3v) is 3.14. The van der Waals surface area contributed by atoms with Crippen LogP contribution in [0.15, 0.2) is 0 Å². The molecule has 0 spiro atoms. The zero-order chi connectivity index (χ0) is 12.2. The van der Waals surface area contributed by atoms with E-state index in [0.717, 1.165) is 6.92 Å². The van der Waals surface area contributed by atoms with Crippen molar-refractivity contribution in [3.63, 3.8) is 0 Å². The zero-order valence-corrected chi connectivity index (χ0v) is 10.2. The SMILES string of the molecule is COC(=O)CN1CCN(SC(C)(F)F)CC1. The third kappa shape index (κ3) is 5.09. The Labute approximate surface area is 98.0 Å². The molecular formula is C9H16F2N2O2S. The highest BCUT2D eigenvalue weighted by atomic mass is 32.2. The average Bonchev–Trinajstić information content (AvgIpc) is 2.18. The van der Waals surface area contributed by atoms with Crippen LogP contribution in [0.5, 0.6) is 0 Å². The summed E-state index contributed by atoms with van der Waals surface area (Å²) in [6.45, 7) is 3.41. The maximum atomic E-state index is 12.7. The molecule has 7 heteroatoms. The molecule has 1 aliphatic heterocycles. The first-order valence-corrected chi connectivity index (χ1v) is 5.79. The molecule has 1 rings (SSSR count). The molecule has 0 aliphatic carbocycles. The lowest BCUT2D eigenvalue weighted by atomic mass is 10.3. The maximum absolute atomic E-state index is 12.7. The molecule has 1 heterocycles. The predicted molar refractivity (Wildman–Crippen MR) is 58.2 cm³/mol. The van der Waals surface area contributed by atoms with E-state index < -0.39 is 5.25 Å². The number of hydrogen-bond donors (Lipinski definition) is 0. The molecule has 94 valence electrons. The van der Waals surface area contributed by atoms with Gasteiger partial charge in [0, 0.05) is 33.1 Å².